The SMILES string of the molecule is NC(=O)[C@@H]1Cc2ccccc2N1C(=O)/C=C/c1cc(Cl)c2c(c1)OCO2. The van der Waals surface area contributed by atoms with E-state index in [1.54, 1.807) is 18.2 Å². The zero-order valence-electron chi connectivity index (χ0n) is 13.6. The van der Waals surface area contributed by atoms with Gasteiger partial charge in [-0.15, -0.1) is 0 Å². The maximum absolute atomic E-state index is 12.8. The van der Waals surface area contributed by atoms with Gasteiger partial charge < -0.3 is 15.2 Å². The lowest BCUT2D eigenvalue weighted by molar-refractivity contribution is -0.122. The van der Waals surface area contributed by atoms with Crippen LogP contribution in [-0.4, -0.2) is 24.6 Å². The Hall–Kier alpha value is -2.99. The molecule has 0 bridgehead atoms. The normalized spacial score (nSPS) is 17.6. The number of carbonyl (C=O) groups excluding carboxylic acids is 2. The Labute approximate surface area is 154 Å². The average Bonchev–Trinajstić information content (AvgIpc) is 3.24. The number of carbonyl (C=O) groups is 2. The summed E-state index contributed by atoms with van der Waals surface area (Å²) >= 11 is 6.15. The number of halogens is 1. The summed E-state index contributed by atoms with van der Waals surface area (Å²) in [7, 11) is 0. The van der Waals surface area contributed by atoms with E-state index in [0.717, 1.165) is 5.56 Å². The molecule has 0 radical (unpaired) electrons. The van der Waals surface area contributed by atoms with E-state index >= 15 is 0 Å². The summed E-state index contributed by atoms with van der Waals surface area (Å²) in [5.74, 6) is 0.171. The number of anilines is 1. The van der Waals surface area contributed by atoms with Crippen LogP contribution in [-0.2, 0) is 16.0 Å². The van der Waals surface area contributed by atoms with E-state index in [1.807, 2.05) is 24.3 Å². The van der Waals surface area contributed by atoms with Gasteiger partial charge in [0.05, 0.1) is 5.02 Å². The largest absolute Gasteiger partial charge is 0.454 e. The number of ether oxygens (including phenoxy) is 2. The number of nitrogens with zero attached hydrogens (tertiary/aromatic N) is 1. The molecule has 0 saturated heterocycles. The minimum atomic E-state index is -0.690. The first-order valence-corrected chi connectivity index (χ1v) is 8.40. The van der Waals surface area contributed by atoms with Crippen LogP contribution in [0.25, 0.3) is 6.08 Å². The molecule has 2 aliphatic heterocycles. The molecule has 2 aromatic rings. The van der Waals surface area contributed by atoms with Gasteiger partial charge in [-0.3, -0.25) is 14.5 Å². The van der Waals surface area contributed by atoms with Gasteiger partial charge in [-0.2, -0.15) is 0 Å². The van der Waals surface area contributed by atoms with Crippen molar-refractivity contribution in [3.05, 3.63) is 58.6 Å². The number of para-hydroxylation sites is 1. The molecule has 0 spiro atoms. The Morgan fingerprint density at radius 1 is 1.23 bits per heavy atom. The molecule has 2 aliphatic rings. The summed E-state index contributed by atoms with van der Waals surface area (Å²) in [5, 5.41) is 0.411. The van der Waals surface area contributed by atoms with Gasteiger partial charge >= 0.3 is 0 Å². The lowest BCUT2D eigenvalue weighted by atomic mass is 10.1. The standard InChI is InChI=1S/C19H15ClN2O4/c20-13-7-11(8-16-18(13)26-10-25-16)5-6-17(23)22-14-4-2-1-3-12(14)9-15(22)19(21)24/h1-8,15H,9-10H2,(H2,21,24)/b6-5+/t15-/m0/s1. The molecule has 4 rings (SSSR count). The smallest absolute Gasteiger partial charge is 0.251 e. The second-order valence-corrected chi connectivity index (χ2v) is 6.44. The minimum Gasteiger partial charge on any atom is -0.454 e. The van der Waals surface area contributed by atoms with Crippen molar-refractivity contribution in [1.29, 1.82) is 0 Å². The number of fused-ring (bicyclic) bond motifs is 2. The number of amides is 2. The fourth-order valence-electron chi connectivity index (χ4n) is 3.22. The first-order valence-electron chi connectivity index (χ1n) is 8.02. The zero-order chi connectivity index (χ0) is 18.3. The Morgan fingerprint density at radius 3 is 2.85 bits per heavy atom. The van der Waals surface area contributed by atoms with Crippen LogP contribution in [0.5, 0.6) is 11.5 Å². The molecule has 7 heteroatoms. The first-order chi connectivity index (χ1) is 12.5. The lowest BCUT2D eigenvalue weighted by Gasteiger charge is -2.21. The predicted octanol–water partition coefficient (Wildman–Crippen LogP) is 2.53. The second kappa shape index (κ2) is 6.38. The van der Waals surface area contributed by atoms with E-state index in [0.29, 0.717) is 34.2 Å². The van der Waals surface area contributed by atoms with E-state index in [-0.39, 0.29) is 12.7 Å². The summed E-state index contributed by atoms with van der Waals surface area (Å²) in [6.07, 6.45) is 3.43. The fourth-order valence-corrected chi connectivity index (χ4v) is 3.49. The monoisotopic (exact) mass is 370 g/mol. The third-order valence-corrected chi connectivity index (χ3v) is 4.69. The molecule has 2 aromatic carbocycles. The fraction of sp³-hybridized carbons (Fsp3) is 0.158. The van der Waals surface area contributed by atoms with E-state index in [1.165, 1.54) is 11.0 Å². The molecule has 0 saturated carbocycles. The quantitative estimate of drug-likeness (QED) is 0.842. The average molecular weight is 371 g/mol. The Morgan fingerprint density at radius 2 is 2.04 bits per heavy atom. The summed E-state index contributed by atoms with van der Waals surface area (Å²) in [5.41, 5.74) is 7.80. The van der Waals surface area contributed by atoms with E-state index in [9.17, 15) is 9.59 Å². The first kappa shape index (κ1) is 16.5. The van der Waals surface area contributed by atoms with Gasteiger partial charge in [-0.1, -0.05) is 29.8 Å². The predicted molar refractivity (Wildman–Crippen MR) is 97.2 cm³/mol. The molecule has 0 unspecified atom stereocenters. The summed E-state index contributed by atoms with van der Waals surface area (Å²) in [6.45, 7) is 0.117. The van der Waals surface area contributed by atoms with Gasteiger partial charge in [0.2, 0.25) is 12.7 Å². The Kier molecular flexibility index (Phi) is 4.05. The molecule has 0 fully saturated rings. The van der Waals surface area contributed by atoms with Crippen molar-refractivity contribution in [3.63, 3.8) is 0 Å². The molecule has 26 heavy (non-hydrogen) atoms. The van der Waals surface area contributed by atoms with Crippen molar-refractivity contribution in [3.8, 4) is 11.5 Å². The van der Waals surface area contributed by atoms with Gasteiger partial charge in [-0.05, 0) is 35.4 Å². The molecule has 0 aliphatic carbocycles. The molecule has 0 aromatic heterocycles. The van der Waals surface area contributed by atoms with Crippen LogP contribution < -0.4 is 20.1 Å². The lowest BCUT2D eigenvalue weighted by Crippen LogP contribution is -2.45. The van der Waals surface area contributed by atoms with Crippen LogP contribution in [0.4, 0.5) is 5.69 Å². The van der Waals surface area contributed by atoms with Crippen molar-refractivity contribution in [2.24, 2.45) is 5.73 Å². The zero-order valence-corrected chi connectivity index (χ0v) is 14.4. The highest BCUT2D eigenvalue weighted by atomic mass is 35.5. The van der Waals surface area contributed by atoms with Gasteiger partial charge in [-0.25, -0.2) is 0 Å². The number of primary amides is 1. The van der Waals surface area contributed by atoms with E-state index in [2.05, 4.69) is 0 Å². The van der Waals surface area contributed by atoms with Crippen LogP contribution in [0.3, 0.4) is 0 Å². The van der Waals surface area contributed by atoms with Gasteiger partial charge in [0.1, 0.15) is 6.04 Å². The molecule has 132 valence electrons. The number of rotatable bonds is 3. The Bertz CT molecular complexity index is 941. The summed E-state index contributed by atoms with van der Waals surface area (Å²) < 4.78 is 10.6. The maximum atomic E-state index is 12.8. The molecule has 6 nitrogen and oxygen atoms in total. The van der Waals surface area contributed by atoms with Crippen molar-refractivity contribution in [1.82, 2.24) is 0 Å². The number of hydrogen-bond donors (Lipinski definition) is 1. The van der Waals surface area contributed by atoms with Crippen LogP contribution in [0.1, 0.15) is 11.1 Å². The number of hydrogen-bond acceptors (Lipinski definition) is 4. The maximum Gasteiger partial charge on any atom is 0.251 e. The van der Waals surface area contributed by atoms with E-state index < -0.39 is 11.9 Å². The summed E-state index contributed by atoms with van der Waals surface area (Å²) in [4.78, 5) is 26.0. The van der Waals surface area contributed by atoms with Crippen molar-refractivity contribution >= 4 is 35.2 Å². The molecule has 1 atom stereocenters. The number of nitrogens with two attached hydrogens (primary N) is 1. The van der Waals surface area contributed by atoms with E-state index in [4.69, 9.17) is 26.8 Å². The molecule has 2 amide bonds. The van der Waals surface area contributed by atoms with Crippen LogP contribution in [0.15, 0.2) is 42.5 Å². The minimum absolute atomic E-state index is 0.117. The highest BCUT2D eigenvalue weighted by Crippen LogP contribution is 2.40. The molecule has 2 heterocycles. The third kappa shape index (κ3) is 2.78. The topological polar surface area (TPSA) is 81.9 Å². The van der Waals surface area contributed by atoms with Crippen LogP contribution in [0, 0.1) is 0 Å². The van der Waals surface area contributed by atoms with Gasteiger partial charge in [0, 0.05) is 18.2 Å². The summed E-state index contributed by atoms with van der Waals surface area (Å²) in [6, 6.07) is 10.1. The molecule has 2 N–H and O–H groups in total. The molecular formula is C19H15ClN2O4. The van der Waals surface area contributed by atoms with Crippen molar-refractivity contribution < 1.29 is 19.1 Å². The second-order valence-electron chi connectivity index (χ2n) is 6.03. The van der Waals surface area contributed by atoms with Crippen LogP contribution >= 0.6 is 11.6 Å². The van der Waals surface area contributed by atoms with Crippen molar-refractivity contribution in [2.45, 2.75) is 12.5 Å². The highest BCUT2D eigenvalue weighted by Gasteiger charge is 2.36. The van der Waals surface area contributed by atoms with Gasteiger partial charge in [0.15, 0.2) is 11.5 Å². The Balaban J connectivity index is 1.62. The van der Waals surface area contributed by atoms with Gasteiger partial charge in [0.25, 0.3) is 5.91 Å². The van der Waals surface area contributed by atoms with Crippen LogP contribution in [0.2, 0.25) is 5.02 Å². The van der Waals surface area contributed by atoms with Crippen molar-refractivity contribution in [2.75, 3.05) is 11.7 Å². The highest BCUT2D eigenvalue weighted by molar-refractivity contribution is 6.32. The third-order valence-electron chi connectivity index (χ3n) is 4.41. The molecular weight excluding hydrogens is 356 g/mol. The number of benzene rings is 2.